The molecule has 0 radical (unpaired) electrons. The second-order valence-electron chi connectivity index (χ2n) is 3.23. The Morgan fingerprint density at radius 1 is 1.19 bits per heavy atom. The van der Waals surface area contributed by atoms with Crippen LogP contribution in [0.4, 0.5) is 0 Å². The Kier molecular flexibility index (Phi) is 1.79. The normalized spacial score (nSPS) is 10.8. The number of nitrogens with one attached hydrogen (secondary N) is 2. The van der Waals surface area contributed by atoms with Gasteiger partial charge in [0.15, 0.2) is 17.0 Å². The summed E-state index contributed by atoms with van der Waals surface area (Å²) in [6.07, 6.45) is 3.08. The van der Waals surface area contributed by atoms with E-state index in [1.165, 1.54) is 6.33 Å². The minimum Gasteiger partial charge on any atom is -0.339 e. The summed E-state index contributed by atoms with van der Waals surface area (Å²) in [6, 6.07) is 5.41. The summed E-state index contributed by atoms with van der Waals surface area (Å²) < 4.78 is 0. The molecule has 6 heteroatoms. The van der Waals surface area contributed by atoms with Crippen molar-refractivity contribution < 1.29 is 0 Å². The lowest BCUT2D eigenvalue weighted by Gasteiger charge is -1.98. The molecule has 3 aromatic rings. The first-order valence-electron chi connectivity index (χ1n) is 4.69. The molecule has 0 aliphatic rings. The Labute approximate surface area is 89.4 Å². The Morgan fingerprint density at radius 2 is 2.12 bits per heavy atom. The lowest BCUT2D eigenvalue weighted by Crippen LogP contribution is -2.09. The Bertz CT molecular complexity index is 685. The number of rotatable bonds is 1. The van der Waals surface area contributed by atoms with Crippen molar-refractivity contribution in [1.29, 1.82) is 0 Å². The molecule has 78 valence electrons. The molecule has 0 aliphatic heterocycles. The fourth-order valence-electron chi connectivity index (χ4n) is 1.47. The van der Waals surface area contributed by atoms with Gasteiger partial charge >= 0.3 is 0 Å². The van der Waals surface area contributed by atoms with Crippen LogP contribution >= 0.6 is 0 Å². The summed E-state index contributed by atoms with van der Waals surface area (Å²) in [7, 11) is 0. The third-order valence-electron chi connectivity index (χ3n) is 2.20. The molecule has 2 N–H and O–H groups in total. The predicted octanol–water partition coefficient (Wildman–Crippen LogP) is 0.708. The van der Waals surface area contributed by atoms with Gasteiger partial charge in [0.1, 0.15) is 5.69 Å². The van der Waals surface area contributed by atoms with Crippen LogP contribution in [0.15, 0.2) is 35.5 Å². The van der Waals surface area contributed by atoms with Crippen LogP contribution in [0.25, 0.3) is 22.7 Å². The van der Waals surface area contributed by atoms with Crippen molar-refractivity contribution in [3.8, 4) is 11.5 Å². The van der Waals surface area contributed by atoms with Crippen molar-refractivity contribution in [3.63, 3.8) is 0 Å². The molecule has 0 spiro atoms. The van der Waals surface area contributed by atoms with Crippen LogP contribution in [-0.4, -0.2) is 24.9 Å². The topological polar surface area (TPSA) is 87.3 Å². The summed E-state index contributed by atoms with van der Waals surface area (Å²) in [4.78, 5) is 29.3. The molecule has 0 saturated carbocycles. The van der Waals surface area contributed by atoms with Crippen LogP contribution < -0.4 is 5.56 Å². The molecule has 3 rings (SSSR count). The number of nitrogens with zero attached hydrogens (tertiary/aromatic N) is 3. The van der Waals surface area contributed by atoms with Crippen molar-refractivity contribution in [2.75, 3.05) is 0 Å². The molecule has 0 aliphatic carbocycles. The molecule has 0 unspecified atom stereocenters. The monoisotopic (exact) mass is 213 g/mol. The number of hydrogen-bond acceptors (Lipinski definition) is 4. The van der Waals surface area contributed by atoms with Crippen LogP contribution in [0.3, 0.4) is 0 Å². The zero-order valence-electron chi connectivity index (χ0n) is 8.14. The average molecular weight is 213 g/mol. The predicted molar refractivity (Wildman–Crippen MR) is 57.7 cm³/mol. The highest BCUT2D eigenvalue weighted by Crippen LogP contribution is 2.10. The Hall–Kier alpha value is -2.50. The molecule has 0 fully saturated rings. The maximum absolute atomic E-state index is 11.6. The number of pyridine rings is 1. The molecule has 6 nitrogen and oxygen atoms in total. The van der Waals surface area contributed by atoms with Gasteiger partial charge in [0.2, 0.25) is 0 Å². The highest BCUT2D eigenvalue weighted by molar-refractivity contribution is 5.70. The number of fused-ring (bicyclic) bond motifs is 1. The highest BCUT2D eigenvalue weighted by atomic mass is 16.1. The standard InChI is InChI=1S/C10H7N5O/c16-10-7-9(13-5-12-7)14-8(15-10)6-3-1-2-4-11-6/h1-5H,(H2,12,13,14,15,16). The van der Waals surface area contributed by atoms with Crippen LogP contribution in [-0.2, 0) is 0 Å². The second kappa shape index (κ2) is 3.27. The maximum atomic E-state index is 11.6. The maximum Gasteiger partial charge on any atom is 0.277 e. The van der Waals surface area contributed by atoms with Crippen LogP contribution in [0, 0.1) is 0 Å². The minimum atomic E-state index is -0.247. The van der Waals surface area contributed by atoms with Gasteiger partial charge in [-0.15, -0.1) is 0 Å². The molecule has 0 saturated heterocycles. The smallest absolute Gasteiger partial charge is 0.277 e. The lowest BCUT2D eigenvalue weighted by molar-refractivity contribution is 1.13. The number of imidazole rings is 1. The fraction of sp³-hybridized carbons (Fsp3) is 0. The van der Waals surface area contributed by atoms with Gasteiger partial charge < -0.3 is 9.97 Å². The first-order chi connectivity index (χ1) is 7.84. The van der Waals surface area contributed by atoms with Gasteiger partial charge in [-0.3, -0.25) is 9.78 Å². The molecule has 3 aromatic heterocycles. The van der Waals surface area contributed by atoms with E-state index in [-0.39, 0.29) is 5.56 Å². The van der Waals surface area contributed by atoms with E-state index in [0.717, 1.165) is 0 Å². The Balaban J connectivity index is 2.30. The summed E-state index contributed by atoms with van der Waals surface area (Å²) in [5.74, 6) is 0.421. The van der Waals surface area contributed by atoms with E-state index in [1.807, 2.05) is 6.07 Å². The van der Waals surface area contributed by atoms with Crippen LogP contribution in [0.1, 0.15) is 0 Å². The fourth-order valence-corrected chi connectivity index (χ4v) is 1.47. The van der Waals surface area contributed by atoms with E-state index in [1.54, 1.807) is 18.3 Å². The molecule has 3 heterocycles. The summed E-state index contributed by atoms with van der Waals surface area (Å²) >= 11 is 0. The van der Waals surface area contributed by atoms with E-state index in [0.29, 0.717) is 22.7 Å². The van der Waals surface area contributed by atoms with Gasteiger partial charge in [-0.05, 0) is 12.1 Å². The number of aromatic amines is 2. The molecule has 0 aromatic carbocycles. The highest BCUT2D eigenvalue weighted by Gasteiger charge is 2.07. The molecule has 0 atom stereocenters. The lowest BCUT2D eigenvalue weighted by atomic mass is 10.3. The first-order valence-corrected chi connectivity index (χ1v) is 4.69. The van der Waals surface area contributed by atoms with Gasteiger partial charge in [-0.2, -0.15) is 0 Å². The van der Waals surface area contributed by atoms with E-state index < -0.39 is 0 Å². The van der Waals surface area contributed by atoms with Gasteiger partial charge in [-0.25, -0.2) is 9.97 Å². The third kappa shape index (κ3) is 1.28. The number of H-pyrrole nitrogens is 2. The Morgan fingerprint density at radius 3 is 2.94 bits per heavy atom. The minimum absolute atomic E-state index is 0.247. The van der Waals surface area contributed by atoms with Gasteiger partial charge in [0, 0.05) is 6.20 Å². The van der Waals surface area contributed by atoms with E-state index in [4.69, 9.17) is 0 Å². The summed E-state index contributed by atoms with van der Waals surface area (Å²) in [5.41, 5.74) is 1.14. The molecule has 0 amide bonds. The van der Waals surface area contributed by atoms with Gasteiger partial charge in [-0.1, -0.05) is 6.07 Å². The van der Waals surface area contributed by atoms with Crippen molar-refractivity contribution in [1.82, 2.24) is 24.9 Å². The molecular formula is C10H7N5O. The van der Waals surface area contributed by atoms with Crippen molar-refractivity contribution >= 4 is 11.2 Å². The average Bonchev–Trinajstić information content (AvgIpc) is 2.79. The zero-order chi connectivity index (χ0) is 11.0. The van der Waals surface area contributed by atoms with Crippen LogP contribution in [0.5, 0.6) is 0 Å². The van der Waals surface area contributed by atoms with Crippen molar-refractivity contribution in [2.45, 2.75) is 0 Å². The zero-order valence-corrected chi connectivity index (χ0v) is 8.14. The summed E-state index contributed by atoms with van der Waals surface area (Å²) in [6.45, 7) is 0. The van der Waals surface area contributed by atoms with E-state index in [2.05, 4.69) is 24.9 Å². The molecule has 0 bridgehead atoms. The quantitative estimate of drug-likeness (QED) is 0.623. The summed E-state index contributed by atoms with van der Waals surface area (Å²) in [5, 5.41) is 0. The largest absolute Gasteiger partial charge is 0.339 e. The first kappa shape index (κ1) is 8.78. The van der Waals surface area contributed by atoms with E-state index >= 15 is 0 Å². The number of aromatic nitrogens is 5. The molecular weight excluding hydrogens is 206 g/mol. The van der Waals surface area contributed by atoms with Gasteiger partial charge in [0.25, 0.3) is 5.56 Å². The third-order valence-corrected chi connectivity index (χ3v) is 2.20. The van der Waals surface area contributed by atoms with Crippen LogP contribution in [0.2, 0.25) is 0 Å². The van der Waals surface area contributed by atoms with Gasteiger partial charge in [0.05, 0.1) is 6.33 Å². The van der Waals surface area contributed by atoms with Crippen molar-refractivity contribution in [2.24, 2.45) is 0 Å². The molecule has 16 heavy (non-hydrogen) atoms. The van der Waals surface area contributed by atoms with E-state index in [9.17, 15) is 4.79 Å². The second-order valence-corrected chi connectivity index (χ2v) is 3.23. The number of hydrogen-bond donors (Lipinski definition) is 2. The SMILES string of the molecule is O=c1[nH]c(-c2ccccn2)nc2nc[nH]c12. The van der Waals surface area contributed by atoms with Crippen molar-refractivity contribution in [3.05, 3.63) is 41.1 Å².